The van der Waals surface area contributed by atoms with Gasteiger partial charge in [0.05, 0.1) is 13.8 Å². The van der Waals surface area contributed by atoms with Gasteiger partial charge in [-0.1, -0.05) is 66.6 Å². The van der Waals surface area contributed by atoms with E-state index in [0.29, 0.717) is 18.3 Å². The summed E-state index contributed by atoms with van der Waals surface area (Å²) < 4.78 is 30.9. The van der Waals surface area contributed by atoms with Gasteiger partial charge < -0.3 is 0 Å². The fraction of sp³-hybridized carbons (Fsp3) is 1.00. The minimum atomic E-state index is -3.83. The molecule has 20 heavy (non-hydrogen) atoms. The molecule has 0 saturated heterocycles. The molecule has 0 heterocycles. The molecule has 0 rings (SSSR count). The van der Waals surface area contributed by atoms with Crippen LogP contribution in [0, 0.1) is 11.8 Å². The molecule has 3 nitrogen and oxygen atoms in total. The molecule has 1 N–H and O–H groups in total. The fourth-order valence-electron chi connectivity index (χ4n) is 3.43. The lowest BCUT2D eigenvalue weighted by Crippen LogP contribution is -2.46. The van der Waals surface area contributed by atoms with Gasteiger partial charge in [0.25, 0.3) is 10.1 Å². The smallest absolute Gasteiger partial charge is 0.264 e. The van der Waals surface area contributed by atoms with Crippen LogP contribution in [0.3, 0.4) is 0 Å². The van der Waals surface area contributed by atoms with Gasteiger partial charge in [0.15, 0.2) is 0 Å². The molecule has 0 aromatic rings. The topological polar surface area (TPSA) is 54.4 Å². The second-order valence-corrected chi connectivity index (χ2v) is 15.1. The Labute approximate surface area is 127 Å². The Bertz CT molecular complexity index is 370. The molecule has 0 aliphatic rings. The summed E-state index contributed by atoms with van der Waals surface area (Å²) in [6.45, 7) is 16.0. The predicted octanol–water partition coefficient (Wildman–Crippen LogP) is 4.83. The second kappa shape index (κ2) is 7.41. The summed E-state index contributed by atoms with van der Waals surface area (Å²) in [5.41, 5.74) is 0. The summed E-state index contributed by atoms with van der Waals surface area (Å²) in [5, 5.41) is 0.265. The van der Waals surface area contributed by atoms with Gasteiger partial charge in [0, 0.05) is 0 Å². The highest BCUT2D eigenvalue weighted by Gasteiger charge is 2.44. The molecule has 0 radical (unpaired) electrons. The van der Waals surface area contributed by atoms with Crippen molar-refractivity contribution in [1.82, 2.24) is 0 Å². The van der Waals surface area contributed by atoms with E-state index in [4.69, 9.17) is 4.55 Å². The van der Waals surface area contributed by atoms with Crippen LogP contribution < -0.4 is 0 Å². The maximum atomic E-state index is 11.0. The molecule has 0 unspecified atom stereocenters. The minimum absolute atomic E-state index is 0.0893. The van der Waals surface area contributed by atoms with Crippen molar-refractivity contribution in [2.24, 2.45) is 11.8 Å². The third kappa shape index (κ3) is 7.23. The molecule has 5 heteroatoms. The zero-order valence-corrected chi connectivity index (χ0v) is 16.2. The van der Waals surface area contributed by atoms with Gasteiger partial charge in [0.1, 0.15) is 0 Å². The third-order valence-electron chi connectivity index (χ3n) is 4.25. The van der Waals surface area contributed by atoms with Crippen molar-refractivity contribution in [3.8, 4) is 0 Å². The quantitative estimate of drug-likeness (QED) is 0.514. The van der Waals surface area contributed by atoms with Crippen LogP contribution >= 0.6 is 0 Å². The van der Waals surface area contributed by atoms with Crippen molar-refractivity contribution in [2.45, 2.75) is 78.1 Å². The van der Waals surface area contributed by atoms with E-state index in [-0.39, 0.29) is 10.8 Å². The van der Waals surface area contributed by atoms with Crippen molar-refractivity contribution >= 4 is 18.2 Å². The Morgan fingerprint density at radius 1 is 1.00 bits per heavy atom. The number of rotatable bonds is 8. The van der Waals surface area contributed by atoms with Crippen LogP contribution in [-0.2, 0) is 10.1 Å². The van der Waals surface area contributed by atoms with Gasteiger partial charge in [-0.25, -0.2) is 0 Å². The van der Waals surface area contributed by atoms with Crippen LogP contribution in [0.1, 0.15) is 54.9 Å². The lowest BCUT2D eigenvalue weighted by atomic mass is 10.2. The van der Waals surface area contributed by atoms with Gasteiger partial charge in [-0.2, -0.15) is 8.42 Å². The lowest BCUT2D eigenvalue weighted by Gasteiger charge is -2.46. The van der Waals surface area contributed by atoms with Gasteiger partial charge in [-0.15, -0.1) is 0 Å². The van der Waals surface area contributed by atoms with E-state index in [2.05, 4.69) is 48.5 Å². The van der Waals surface area contributed by atoms with Crippen molar-refractivity contribution in [3.63, 3.8) is 0 Å². The molecule has 0 aliphatic carbocycles. The predicted molar refractivity (Wildman–Crippen MR) is 90.6 cm³/mol. The standard InChI is InChI=1S/C15H34O3SSi/c1-13(2)11-20(12-14(3)4,15(5,6)7)10-8-9-19(16,17)18/h13-14H,8-12H2,1-7H3,(H,16,17,18). The molecule has 0 amide bonds. The van der Waals surface area contributed by atoms with E-state index < -0.39 is 18.2 Å². The Morgan fingerprint density at radius 3 is 1.65 bits per heavy atom. The average Bonchev–Trinajstić information content (AvgIpc) is 2.10. The van der Waals surface area contributed by atoms with Crippen LogP contribution in [0.15, 0.2) is 0 Å². The zero-order chi connectivity index (χ0) is 16.2. The van der Waals surface area contributed by atoms with Gasteiger partial charge >= 0.3 is 0 Å². The molecule has 0 spiro atoms. The van der Waals surface area contributed by atoms with Crippen molar-refractivity contribution in [3.05, 3.63) is 0 Å². The maximum absolute atomic E-state index is 11.0. The van der Waals surface area contributed by atoms with Crippen molar-refractivity contribution in [1.29, 1.82) is 0 Å². The second-order valence-electron chi connectivity index (χ2n) is 8.12. The molecule has 122 valence electrons. The third-order valence-corrected chi connectivity index (χ3v) is 12.7. The molecule has 0 aliphatic heterocycles. The summed E-state index contributed by atoms with van der Waals surface area (Å²) >= 11 is 0. The highest BCUT2D eigenvalue weighted by atomic mass is 32.2. The van der Waals surface area contributed by atoms with Crippen LogP contribution in [0.4, 0.5) is 0 Å². The number of hydrogen-bond donors (Lipinski definition) is 1. The SMILES string of the molecule is CC(C)C[Si](CCCS(=O)(=O)O)(CC(C)C)C(C)(C)C. The van der Waals surface area contributed by atoms with E-state index in [0.717, 1.165) is 6.04 Å². The van der Waals surface area contributed by atoms with E-state index in [1.54, 1.807) is 0 Å². The highest BCUT2D eigenvalue weighted by Crippen LogP contribution is 2.48. The van der Waals surface area contributed by atoms with E-state index in [1.165, 1.54) is 12.1 Å². The molecule has 0 aromatic heterocycles. The number of hydrogen-bond acceptors (Lipinski definition) is 2. The molecular weight excluding hydrogens is 288 g/mol. The normalized spacial score (nSPS) is 14.3. The van der Waals surface area contributed by atoms with Crippen molar-refractivity contribution < 1.29 is 13.0 Å². The largest absolute Gasteiger partial charge is 0.286 e. The first-order valence-corrected chi connectivity index (χ1v) is 12.0. The highest BCUT2D eigenvalue weighted by molar-refractivity contribution is 7.85. The Morgan fingerprint density at radius 2 is 1.40 bits per heavy atom. The Balaban J connectivity index is 5.17. The Kier molecular flexibility index (Phi) is 7.46. The van der Waals surface area contributed by atoms with E-state index in [9.17, 15) is 8.42 Å². The summed E-state index contributed by atoms with van der Waals surface area (Å²) in [4.78, 5) is 0. The molecule has 0 saturated carbocycles. The first-order valence-electron chi connectivity index (χ1n) is 7.74. The molecule has 0 aromatic carbocycles. The van der Waals surface area contributed by atoms with Crippen LogP contribution in [0.5, 0.6) is 0 Å². The van der Waals surface area contributed by atoms with Crippen LogP contribution in [-0.4, -0.2) is 26.8 Å². The fourth-order valence-corrected chi connectivity index (χ4v) is 10.7. The average molecular weight is 323 g/mol. The first kappa shape index (κ1) is 20.1. The van der Waals surface area contributed by atoms with Crippen molar-refractivity contribution in [2.75, 3.05) is 5.75 Å². The summed E-state index contributed by atoms with van der Waals surface area (Å²) in [7, 11) is -5.43. The molecular formula is C15H34O3SSi. The maximum Gasteiger partial charge on any atom is 0.264 e. The summed E-state index contributed by atoms with van der Waals surface area (Å²) in [5.74, 6) is 1.20. The zero-order valence-electron chi connectivity index (χ0n) is 14.4. The summed E-state index contributed by atoms with van der Waals surface area (Å²) in [6, 6.07) is 3.47. The van der Waals surface area contributed by atoms with Gasteiger partial charge in [-0.05, 0) is 23.3 Å². The van der Waals surface area contributed by atoms with E-state index >= 15 is 0 Å². The molecule has 0 atom stereocenters. The van der Waals surface area contributed by atoms with Crippen LogP contribution in [0.25, 0.3) is 0 Å². The molecule has 0 fully saturated rings. The van der Waals surface area contributed by atoms with Gasteiger partial charge in [-0.3, -0.25) is 4.55 Å². The Hall–Kier alpha value is 0.127. The van der Waals surface area contributed by atoms with E-state index in [1.807, 2.05) is 0 Å². The monoisotopic (exact) mass is 322 g/mol. The minimum Gasteiger partial charge on any atom is -0.286 e. The molecule has 0 bridgehead atoms. The van der Waals surface area contributed by atoms with Gasteiger partial charge in [0.2, 0.25) is 0 Å². The lowest BCUT2D eigenvalue weighted by molar-refractivity contribution is 0.481. The summed E-state index contributed by atoms with van der Waals surface area (Å²) in [6.07, 6.45) is 0.599. The first-order chi connectivity index (χ1) is 8.79. The van der Waals surface area contributed by atoms with Crippen LogP contribution in [0.2, 0.25) is 23.2 Å².